The van der Waals surface area contributed by atoms with Gasteiger partial charge in [-0.1, -0.05) is 18.2 Å². The normalized spacial score (nSPS) is 12.5. The summed E-state index contributed by atoms with van der Waals surface area (Å²) in [5, 5.41) is 19.5. The maximum Gasteiger partial charge on any atom is 0.320 e. The Kier molecular flexibility index (Phi) is 3.26. The molecule has 0 radical (unpaired) electrons. The second-order valence-corrected chi connectivity index (χ2v) is 4.36. The molecule has 1 heterocycles. The van der Waals surface area contributed by atoms with Gasteiger partial charge in [-0.2, -0.15) is 4.73 Å². The van der Waals surface area contributed by atoms with Crippen LogP contribution in [0.4, 0.5) is 0 Å². The van der Waals surface area contributed by atoms with E-state index in [-0.39, 0.29) is 17.9 Å². The van der Waals surface area contributed by atoms with Gasteiger partial charge >= 0.3 is 5.97 Å². The Morgan fingerprint density at radius 2 is 2.00 bits per heavy atom. The summed E-state index contributed by atoms with van der Waals surface area (Å²) in [6.07, 6.45) is -0.0156. The summed E-state index contributed by atoms with van der Waals surface area (Å²) >= 11 is 0. The number of fused-ring (bicyclic) bond motifs is 1. The number of hydrogen-bond acceptors (Lipinski definition) is 4. The van der Waals surface area contributed by atoms with Crippen LogP contribution in [-0.4, -0.2) is 32.8 Å². The van der Waals surface area contributed by atoms with Crippen molar-refractivity contribution in [2.75, 3.05) is 0 Å². The number of para-hydroxylation sites is 1. The molecule has 1 unspecified atom stereocenters. The minimum absolute atomic E-state index is 0.0156. The lowest BCUT2D eigenvalue weighted by Crippen LogP contribution is -2.32. The summed E-state index contributed by atoms with van der Waals surface area (Å²) in [6, 6.07) is 5.72. The molecule has 6 nitrogen and oxygen atoms in total. The van der Waals surface area contributed by atoms with Crippen molar-refractivity contribution in [1.29, 1.82) is 0 Å². The molecule has 0 fully saturated rings. The molecule has 100 valence electrons. The van der Waals surface area contributed by atoms with Gasteiger partial charge in [-0.25, -0.2) is 0 Å². The highest BCUT2D eigenvalue weighted by molar-refractivity contribution is 6.01. The highest BCUT2D eigenvalue weighted by atomic mass is 16.5. The molecule has 0 amide bonds. The summed E-state index contributed by atoms with van der Waals surface area (Å²) < 4.78 is 0.793. The number of nitrogens with two attached hydrogens (primary N) is 1. The van der Waals surface area contributed by atoms with Crippen LogP contribution in [0, 0.1) is 0 Å². The lowest BCUT2D eigenvalue weighted by Gasteiger charge is -2.07. The fourth-order valence-electron chi connectivity index (χ4n) is 2.16. The van der Waals surface area contributed by atoms with Crippen LogP contribution in [0.5, 0.6) is 0 Å². The quantitative estimate of drug-likeness (QED) is 0.564. The Hall–Kier alpha value is -2.34. The number of aromatic nitrogens is 1. The van der Waals surface area contributed by atoms with E-state index in [1.165, 1.54) is 6.92 Å². The first-order chi connectivity index (χ1) is 8.93. The van der Waals surface area contributed by atoms with Crippen molar-refractivity contribution >= 4 is 22.7 Å². The van der Waals surface area contributed by atoms with Crippen molar-refractivity contribution in [3.63, 3.8) is 0 Å². The van der Waals surface area contributed by atoms with Crippen LogP contribution in [0.3, 0.4) is 0 Å². The van der Waals surface area contributed by atoms with Gasteiger partial charge in [-0.15, -0.1) is 0 Å². The zero-order valence-electron chi connectivity index (χ0n) is 10.3. The van der Waals surface area contributed by atoms with E-state index in [9.17, 15) is 14.8 Å². The summed E-state index contributed by atoms with van der Waals surface area (Å²) in [7, 11) is 0. The molecule has 6 heteroatoms. The molecule has 19 heavy (non-hydrogen) atoms. The molecule has 0 spiro atoms. The number of nitrogens with zero attached hydrogens (tertiary/aromatic N) is 1. The number of carboxylic acid groups (broad SMARTS) is 1. The zero-order valence-corrected chi connectivity index (χ0v) is 10.3. The Labute approximate surface area is 109 Å². The number of carbonyl (C=O) groups is 2. The van der Waals surface area contributed by atoms with E-state index in [2.05, 4.69) is 0 Å². The van der Waals surface area contributed by atoms with Crippen LogP contribution in [0.15, 0.2) is 24.3 Å². The molecule has 2 aromatic rings. The van der Waals surface area contributed by atoms with E-state index in [0.717, 1.165) is 4.73 Å². The Balaban J connectivity index is 2.66. The van der Waals surface area contributed by atoms with Crippen LogP contribution >= 0.6 is 0 Å². The predicted molar refractivity (Wildman–Crippen MR) is 68.4 cm³/mol. The highest BCUT2D eigenvalue weighted by Crippen LogP contribution is 2.26. The zero-order chi connectivity index (χ0) is 14.2. The Morgan fingerprint density at radius 1 is 1.37 bits per heavy atom. The predicted octanol–water partition coefficient (Wildman–Crippen LogP) is 1.04. The van der Waals surface area contributed by atoms with Gasteiger partial charge in [-0.3, -0.25) is 9.59 Å². The SMILES string of the molecule is CC(=O)c1c(CC(N)C(=O)O)c2ccccc2n1O. The first-order valence-corrected chi connectivity index (χ1v) is 5.74. The second kappa shape index (κ2) is 4.74. The minimum Gasteiger partial charge on any atom is -0.480 e. The number of benzene rings is 1. The van der Waals surface area contributed by atoms with Gasteiger partial charge in [0.25, 0.3) is 0 Å². The third-order valence-corrected chi connectivity index (χ3v) is 3.03. The van der Waals surface area contributed by atoms with Gasteiger partial charge in [0.1, 0.15) is 11.7 Å². The average molecular weight is 262 g/mol. The van der Waals surface area contributed by atoms with Gasteiger partial charge < -0.3 is 16.0 Å². The van der Waals surface area contributed by atoms with Crippen molar-refractivity contribution in [1.82, 2.24) is 4.73 Å². The van der Waals surface area contributed by atoms with E-state index in [1.54, 1.807) is 24.3 Å². The molecule has 0 aliphatic carbocycles. The molecule has 2 rings (SSSR count). The third-order valence-electron chi connectivity index (χ3n) is 3.03. The molecular weight excluding hydrogens is 248 g/mol. The van der Waals surface area contributed by atoms with Gasteiger partial charge in [0.05, 0.1) is 5.52 Å². The molecular formula is C13H14N2O4. The second-order valence-electron chi connectivity index (χ2n) is 4.36. The highest BCUT2D eigenvalue weighted by Gasteiger charge is 2.23. The standard InChI is InChI=1S/C13H14N2O4/c1-7(16)12-9(6-10(14)13(17)18)8-4-2-3-5-11(8)15(12)19/h2-5,10,19H,6,14H2,1H3,(H,17,18). The average Bonchev–Trinajstić information content (AvgIpc) is 2.63. The van der Waals surface area contributed by atoms with Crippen LogP contribution in [0.25, 0.3) is 10.9 Å². The number of carbonyl (C=O) groups excluding carboxylic acids is 1. The van der Waals surface area contributed by atoms with E-state index in [1.807, 2.05) is 0 Å². The van der Waals surface area contributed by atoms with E-state index < -0.39 is 12.0 Å². The maximum atomic E-state index is 11.6. The topological polar surface area (TPSA) is 106 Å². The number of hydrogen-bond donors (Lipinski definition) is 3. The Bertz CT molecular complexity index is 660. The molecule has 1 atom stereocenters. The van der Waals surface area contributed by atoms with Crippen molar-refractivity contribution < 1.29 is 19.9 Å². The smallest absolute Gasteiger partial charge is 0.320 e. The lowest BCUT2D eigenvalue weighted by atomic mass is 10.0. The molecule has 0 saturated heterocycles. The maximum absolute atomic E-state index is 11.6. The molecule has 1 aromatic carbocycles. The van der Waals surface area contributed by atoms with Crippen molar-refractivity contribution in [3.8, 4) is 0 Å². The fourth-order valence-corrected chi connectivity index (χ4v) is 2.16. The first-order valence-electron chi connectivity index (χ1n) is 5.74. The summed E-state index contributed by atoms with van der Waals surface area (Å²) in [4.78, 5) is 22.5. The van der Waals surface area contributed by atoms with Gasteiger partial charge in [-0.05, 0) is 11.6 Å². The van der Waals surface area contributed by atoms with E-state index >= 15 is 0 Å². The number of ketones is 1. The largest absolute Gasteiger partial charge is 0.480 e. The number of carboxylic acids is 1. The monoisotopic (exact) mass is 262 g/mol. The van der Waals surface area contributed by atoms with Crippen molar-refractivity contribution in [3.05, 3.63) is 35.5 Å². The molecule has 0 saturated carbocycles. The molecule has 0 aliphatic rings. The van der Waals surface area contributed by atoms with Gasteiger partial charge in [0, 0.05) is 18.7 Å². The summed E-state index contributed by atoms with van der Waals surface area (Å²) in [6.45, 7) is 1.32. The van der Waals surface area contributed by atoms with E-state index in [0.29, 0.717) is 16.5 Å². The van der Waals surface area contributed by atoms with Crippen LogP contribution < -0.4 is 5.73 Å². The van der Waals surface area contributed by atoms with Crippen LogP contribution in [-0.2, 0) is 11.2 Å². The van der Waals surface area contributed by atoms with Gasteiger partial charge in [0.15, 0.2) is 5.78 Å². The van der Waals surface area contributed by atoms with E-state index in [4.69, 9.17) is 10.8 Å². The number of Topliss-reactive ketones (excluding diaryl/α,β-unsaturated/α-hetero) is 1. The first kappa shape index (κ1) is 13.1. The Morgan fingerprint density at radius 3 is 2.58 bits per heavy atom. The number of aliphatic carboxylic acids is 1. The minimum atomic E-state index is -1.15. The molecule has 0 aliphatic heterocycles. The van der Waals surface area contributed by atoms with Crippen molar-refractivity contribution in [2.45, 2.75) is 19.4 Å². The molecule has 0 bridgehead atoms. The summed E-state index contributed by atoms with van der Waals surface area (Å²) in [5.41, 5.74) is 6.51. The summed E-state index contributed by atoms with van der Waals surface area (Å²) in [5.74, 6) is -1.49. The number of rotatable bonds is 4. The lowest BCUT2D eigenvalue weighted by molar-refractivity contribution is -0.138. The third kappa shape index (κ3) is 2.17. The van der Waals surface area contributed by atoms with Crippen molar-refractivity contribution in [2.24, 2.45) is 5.73 Å². The van der Waals surface area contributed by atoms with Gasteiger partial charge in [0.2, 0.25) is 0 Å². The molecule has 4 N–H and O–H groups in total. The molecule has 1 aromatic heterocycles. The van der Waals surface area contributed by atoms with Crippen LogP contribution in [0.1, 0.15) is 23.0 Å². The fraction of sp³-hybridized carbons (Fsp3) is 0.231. The van der Waals surface area contributed by atoms with Crippen LogP contribution in [0.2, 0.25) is 0 Å².